The minimum Gasteiger partial charge on any atom is -0.426 e. The van der Waals surface area contributed by atoms with Gasteiger partial charge in [0.25, 0.3) is 0 Å². The van der Waals surface area contributed by atoms with E-state index < -0.39 is 6.16 Å². The number of hydrogen-bond acceptors (Lipinski definition) is 3. The quantitative estimate of drug-likeness (QED) is 0.292. The van der Waals surface area contributed by atoms with Gasteiger partial charge in [0.05, 0.1) is 0 Å². The summed E-state index contributed by atoms with van der Waals surface area (Å²) < 4.78 is 11.0. The molecule has 0 saturated carbocycles. The fourth-order valence-corrected chi connectivity index (χ4v) is 2.80. The highest BCUT2D eigenvalue weighted by atomic mass is 16.7. The van der Waals surface area contributed by atoms with Gasteiger partial charge in [-0.15, -0.1) is 0 Å². The van der Waals surface area contributed by atoms with Crippen LogP contribution in [0.2, 0.25) is 0 Å². The van der Waals surface area contributed by atoms with Crippen LogP contribution in [0.3, 0.4) is 0 Å². The molecule has 1 atom stereocenters. The Kier molecular flexibility index (Phi) is 8.03. The highest BCUT2D eigenvalue weighted by Gasteiger charge is 2.18. The van der Waals surface area contributed by atoms with Crippen molar-refractivity contribution in [3.05, 3.63) is 65.7 Å². The van der Waals surface area contributed by atoms with E-state index in [-0.39, 0.29) is 6.10 Å². The lowest BCUT2D eigenvalue weighted by Gasteiger charge is -2.18. The van der Waals surface area contributed by atoms with Crippen LogP contribution in [-0.4, -0.2) is 6.16 Å². The highest BCUT2D eigenvalue weighted by Crippen LogP contribution is 2.26. The van der Waals surface area contributed by atoms with Gasteiger partial charge in [-0.3, -0.25) is 0 Å². The fraction of sp³-hybridized carbons (Fsp3) is 0.409. The third-order valence-corrected chi connectivity index (χ3v) is 4.27. The number of carbonyl (C=O) groups is 1. The van der Waals surface area contributed by atoms with E-state index in [0.717, 1.165) is 30.4 Å². The van der Waals surface area contributed by atoms with Crippen molar-refractivity contribution in [1.29, 1.82) is 0 Å². The number of hydrogen-bond donors (Lipinski definition) is 0. The van der Waals surface area contributed by atoms with Crippen molar-refractivity contribution >= 4 is 6.16 Å². The standard InChI is InChI=1S/C22H28O3/c1-3-4-5-6-10-17-21(19-14-8-7-9-15-19)25-22(23)24-20-16-12-11-13-18(20)2/h7-9,11-16,21H,3-6,10,17H2,1-2H3. The first kappa shape index (κ1) is 19.0. The highest BCUT2D eigenvalue weighted by molar-refractivity contribution is 5.64. The summed E-state index contributed by atoms with van der Waals surface area (Å²) in [7, 11) is 0. The molecule has 25 heavy (non-hydrogen) atoms. The van der Waals surface area contributed by atoms with Crippen LogP contribution in [0.25, 0.3) is 0 Å². The van der Waals surface area contributed by atoms with Gasteiger partial charge in [0.15, 0.2) is 0 Å². The third-order valence-electron chi connectivity index (χ3n) is 4.27. The van der Waals surface area contributed by atoms with Gasteiger partial charge in [-0.25, -0.2) is 4.79 Å². The van der Waals surface area contributed by atoms with Gasteiger partial charge in [-0.1, -0.05) is 81.1 Å². The van der Waals surface area contributed by atoms with E-state index in [4.69, 9.17) is 9.47 Å². The van der Waals surface area contributed by atoms with E-state index in [2.05, 4.69) is 6.92 Å². The number of carbonyl (C=O) groups excluding carboxylic acids is 1. The molecule has 0 spiro atoms. The number of ether oxygens (including phenoxy) is 2. The van der Waals surface area contributed by atoms with E-state index in [1.54, 1.807) is 6.07 Å². The van der Waals surface area contributed by atoms with Crippen molar-refractivity contribution in [2.24, 2.45) is 0 Å². The molecule has 0 amide bonds. The Morgan fingerprint density at radius 2 is 1.60 bits per heavy atom. The summed E-state index contributed by atoms with van der Waals surface area (Å²) in [5.74, 6) is 0.544. The van der Waals surface area contributed by atoms with Gasteiger partial charge in [0, 0.05) is 0 Å². The van der Waals surface area contributed by atoms with Crippen molar-refractivity contribution in [2.45, 2.75) is 58.5 Å². The molecule has 0 aliphatic heterocycles. The second-order valence-corrected chi connectivity index (χ2v) is 6.34. The normalized spacial score (nSPS) is 11.8. The minimum atomic E-state index is -0.642. The lowest BCUT2D eigenvalue weighted by Crippen LogP contribution is -2.16. The zero-order valence-electron chi connectivity index (χ0n) is 15.2. The zero-order chi connectivity index (χ0) is 17.9. The van der Waals surface area contributed by atoms with Crippen molar-refractivity contribution in [1.82, 2.24) is 0 Å². The van der Waals surface area contributed by atoms with E-state index in [0.29, 0.717) is 5.75 Å². The number of benzene rings is 2. The second kappa shape index (κ2) is 10.5. The predicted molar refractivity (Wildman–Crippen MR) is 101 cm³/mol. The summed E-state index contributed by atoms with van der Waals surface area (Å²) in [6.07, 6.45) is 5.82. The molecule has 0 aliphatic rings. The van der Waals surface area contributed by atoms with Gasteiger partial charge in [-0.2, -0.15) is 0 Å². The minimum absolute atomic E-state index is 0.264. The van der Waals surface area contributed by atoms with Crippen molar-refractivity contribution in [3.63, 3.8) is 0 Å². The maximum Gasteiger partial charge on any atom is 0.514 e. The van der Waals surface area contributed by atoms with Crippen LogP contribution < -0.4 is 4.74 Å². The smallest absolute Gasteiger partial charge is 0.426 e. The first-order chi connectivity index (χ1) is 12.2. The van der Waals surface area contributed by atoms with Crippen molar-refractivity contribution in [3.8, 4) is 5.75 Å². The van der Waals surface area contributed by atoms with Gasteiger partial charge in [0.1, 0.15) is 11.9 Å². The Hall–Kier alpha value is -2.29. The lowest BCUT2D eigenvalue weighted by atomic mass is 10.0. The molecule has 0 saturated heterocycles. The zero-order valence-corrected chi connectivity index (χ0v) is 15.2. The number of aryl methyl sites for hydroxylation is 1. The topological polar surface area (TPSA) is 35.5 Å². The molecule has 3 heteroatoms. The summed E-state index contributed by atoms with van der Waals surface area (Å²) in [6.45, 7) is 4.11. The Morgan fingerprint density at radius 3 is 2.32 bits per heavy atom. The second-order valence-electron chi connectivity index (χ2n) is 6.34. The van der Waals surface area contributed by atoms with Crippen LogP contribution >= 0.6 is 0 Å². The van der Waals surface area contributed by atoms with Crippen LogP contribution in [0.4, 0.5) is 4.79 Å². The van der Waals surface area contributed by atoms with E-state index in [1.165, 1.54) is 19.3 Å². The summed E-state index contributed by atoms with van der Waals surface area (Å²) in [5, 5.41) is 0. The summed E-state index contributed by atoms with van der Waals surface area (Å²) >= 11 is 0. The molecular formula is C22H28O3. The van der Waals surface area contributed by atoms with Crippen LogP contribution in [-0.2, 0) is 4.74 Å². The summed E-state index contributed by atoms with van der Waals surface area (Å²) in [5.41, 5.74) is 1.93. The Balaban J connectivity index is 1.95. The molecule has 0 radical (unpaired) electrons. The molecule has 134 valence electrons. The molecule has 0 heterocycles. The van der Waals surface area contributed by atoms with Crippen LogP contribution in [0.15, 0.2) is 54.6 Å². The van der Waals surface area contributed by atoms with E-state index >= 15 is 0 Å². The number of para-hydroxylation sites is 1. The number of rotatable bonds is 9. The molecule has 2 aromatic carbocycles. The van der Waals surface area contributed by atoms with Gasteiger partial charge < -0.3 is 9.47 Å². The van der Waals surface area contributed by atoms with Crippen molar-refractivity contribution < 1.29 is 14.3 Å². The Bertz CT molecular complexity index is 637. The van der Waals surface area contributed by atoms with E-state index in [1.807, 2.05) is 55.5 Å². The summed E-state index contributed by atoms with van der Waals surface area (Å²) in [4.78, 5) is 12.2. The van der Waals surface area contributed by atoms with Crippen LogP contribution in [0, 0.1) is 6.92 Å². The predicted octanol–water partition coefficient (Wildman–Crippen LogP) is 6.61. The molecular weight excluding hydrogens is 312 g/mol. The van der Waals surface area contributed by atoms with Crippen LogP contribution in [0.5, 0.6) is 5.75 Å². The van der Waals surface area contributed by atoms with E-state index in [9.17, 15) is 4.79 Å². The molecule has 0 aromatic heterocycles. The van der Waals surface area contributed by atoms with Gasteiger partial charge in [0.2, 0.25) is 0 Å². The molecule has 1 unspecified atom stereocenters. The molecule has 0 fully saturated rings. The van der Waals surface area contributed by atoms with Crippen LogP contribution in [0.1, 0.15) is 62.7 Å². The monoisotopic (exact) mass is 340 g/mol. The third kappa shape index (κ3) is 6.61. The fourth-order valence-electron chi connectivity index (χ4n) is 2.80. The maximum absolute atomic E-state index is 12.2. The molecule has 2 aromatic rings. The molecule has 0 aliphatic carbocycles. The lowest BCUT2D eigenvalue weighted by molar-refractivity contribution is 0.0526. The summed E-state index contributed by atoms with van der Waals surface area (Å²) in [6, 6.07) is 17.3. The first-order valence-corrected chi connectivity index (χ1v) is 9.19. The Morgan fingerprint density at radius 1 is 0.920 bits per heavy atom. The number of unbranched alkanes of at least 4 members (excludes halogenated alkanes) is 4. The van der Waals surface area contributed by atoms with Crippen molar-refractivity contribution in [2.75, 3.05) is 0 Å². The average Bonchev–Trinajstić information content (AvgIpc) is 2.63. The average molecular weight is 340 g/mol. The molecule has 3 nitrogen and oxygen atoms in total. The molecule has 2 rings (SSSR count). The van der Waals surface area contributed by atoms with Gasteiger partial charge in [-0.05, 0) is 37.0 Å². The van der Waals surface area contributed by atoms with Gasteiger partial charge >= 0.3 is 6.16 Å². The molecule has 0 N–H and O–H groups in total. The Labute approximate surface area is 151 Å². The first-order valence-electron chi connectivity index (χ1n) is 9.19. The molecule has 0 bridgehead atoms. The SMILES string of the molecule is CCCCCCCC(OC(=O)Oc1ccccc1C)c1ccccc1. The maximum atomic E-state index is 12.2. The largest absolute Gasteiger partial charge is 0.514 e.